The maximum atomic E-state index is 11.5. The Morgan fingerprint density at radius 1 is 1.42 bits per heavy atom. The molecule has 0 saturated carbocycles. The third-order valence-electron chi connectivity index (χ3n) is 3.87. The Labute approximate surface area is 113 Å². The van der Waals surface area contributed by atoms with Crippen molar-refractivity contribution in [3.8, 4) is 0 Å². The molecular formula is C14H21N3O2. The van der Waals surface area contributed by atoms with Crippen LogP contribution in [-0.2, 0) is 0 Å². The summed E-state index contributed by atoms with van der Waals surface area (Å²) in [5, 5.41) is 9.61. The van der Waals surface area contributed by atoms with Crippen molar-refractivity contribution in [2.45, 2.75) is 25.9 Å². The quantitative estimate of drug-likeness (QED) is 0.708. The SMILES string of the molecule is CC(O)C1CCN(c2c(N)cccc2C(N)=O)CC1. The zero-order valence-corrected chi connectivity index (χ0v) is 11.2. The molecule has 5 N–H and O–H groups in total. The highest BCUT2D eigenvalue weighted by atomic mass is 16.3. The summed E-state index contributed by atoms with van der Waals surface area (Å²) >= 11 is 0. The fraction of sp³-hybridized carbons (Fsp3) is 0.500. The number of nitrogens with zero attached hydrogens (tertiary/aromatic N) is 1. The lowest BCUT2D eigenvalue weighted by atomic mass is 9.91. The van der Waals surface area contributed by atoms with Crippen LogP contribution < -0.4 is 16.4 Å². The smallest absolute Gasteiger partial charge is 0.250 e. The molecule has 1 atom stereocenters. The second kappa shape index (κ2) is 5.48. The van der Waals surface area contributed by atoms with Gasteiger partial charge in [0.25, 0.3) is 5.91 Å². The highest BCUT2D eigenvalue weighted by molar-refractivity contribution is 6.01. The summed E-state index contributed by atoms with van der Waals surface area (Å²) in [4.78, 5) is 13.6. The summed E-state index contributed by atoms with van der Waals surface area (Å²) in [5.74, 6) is -0.141. The summed E-state index contributed by atoms with van der Waals surface area (Å²) in [6.07, 6.45) is 1.50. The number of anilines is 2. The number of aliphatic hydroxyl groups is 1. The minimum Gasteiger partial charge on any atom is -0.397 e. The molecule has 1 aromatic carbocycles. The Balaban J connectivity index is 2.22. The number of benzene rings is 1. The average Bonchev–Trinajstić information content (AvgIpc) is 2.38. The Morgan fingerprint density at radius 3 is 2.58 bits per heavy atom. The first-order valence-electron chi connectivity index (χ1n) is 6.62. The van der Waals surface area contributed by atoms with Gasteiger partial charge in [-0.2, -0.15) is 0 Å². The van der Waals surface area contributed by atoms with Crippen LogP contribution in [0, 0.1) is 5.92 Å². The molecular weight excluding hydrogens is 242 g/mol. The van der Waals surface area contributed by atoms with Gasteiger partial charge in [0.1, 0.15) is 0 Å². The average molecular weight is 263 g/mol. The van der Waals surface area contributed by atoms with E-state index in [4.69, 9.17) is 11.5 Å². The number of hydrogen-bond donors (Lipinski definition) is 3. The second-order valence-electron chi connectivity index (χ2n) is 5.17. The standard InChI is InChI=1S/C14H21N3O2/c1-9(18)10-5-7-17(8-6-10)13-11(14(16)19)3-2-4-12(13)15/h2-4,9-10,18H,5-8,15H2,1H3,(H2,16,19). The molecule has 5 nitrogen and oxygen atoms in total. The summed E-state index contributed by atoms with van der Waals surface area (Å²) < 4.78 is 0. The van der Waals surface area contributed by atoms with Gasteiger partial charge in [-0.3, -0.25) is 4.79 Å². The van der Waals surface area contributed by atoms with E-state index in [2.05, 4.69) is 4.90 Å². The van der Waals surface area contributed by atoms with Gasteiger partial charge in [-0.1, -0.05) is 6.07 Å². The molecule has 1 saturated heterocycles. The number of para-hydroxylation sites is 1. The highest BCUT2D eigenvalue weighted by Gasteiger charge is 2.25. The van der Waals surface area contributed by atoms with Gasteiger partial charge in [-0.15, -0.1) is 0 Å². The third kappa shape index (κ3) is 2.81. The molecule has 0 bridgehead atoms. The number of hydrogen-bond acceptors (Lipinski definition) is 4. The zero-order chi connectivity index (χ0) is 14.0. The number of nitrogen functional groups attached to an aromatic ring is 1. The Kier molecular flexibility index (Phi) is 3.95. The number of carbonyl (C=O) groups is 1. The van der Waals surface area contributed by atoms with Crippen LogP contribution in [0.15, 0.2) is 18.2 Å². The predicted octanol–water partition coefficient (Wildman–Crippen LogP) is 0.965. The van der Waals surface area contributed by atoms with E-state index in [1.807, 2.05) is 6.92 Å². The lowest BCUT2D eigenvalue weighted by Gasteiger charge is -2.36. The Bertz CT molecular complexity index is 466. The Hall–Kier alpha value is -1.75. The number of primary amides is 1. The number of amides is 1. The van der Waals surface area contributed by atoms with Crippen LogP contribution in [0.2, 0.25) is 0 Å². The van der Waals surface area contributed by atoms with E-state index in [9.17, 15) is 9.90 Å². The van der Waals surface area contributed by atoms with E-state index in [0.717, 1.165) is 31.6 Å². The van der Waals surface area contributed by atoms with E-state index in [-0.39, 0.29) is 6.10 Å². The van der Waals surface area contributed by atoms with Crippen molar-refractivity contribution in [1.29, 1.82) is 0 Å². The molecule has 1 amide bonds. The van der Waals surface area contributed by atoms with Gasteiger partial charge in [0.2, 0.25) is 0 Å². The lowest BCUT2D eigenvalue weighted by Crippen LogP contribution is -2.38. The number of rotatable bonds is 3. The van der Waals surface area contributed by atoms with E-state index in [1.165, 1.54) is 0 Å². The molecule has 0 aliphatic carbocycles. The lowest BCUT2D eigenvalue weighted by molar-refractivity contribution is 0.0998. The highest BCUT2D eigenvalue weighted by Crippen LogP contribution is 2.32. The Morgan fingerprint density at radius 2 is 2.05 bits per heavy atom. The van der Waals surface area contributed by atoms with Crippen molar-refractivity contribution in [3.05, 3.63) is 23.8 Å². The first-order chi connectivity index (χ1) is 9.00. The van der Waals surface area contributed by atoms with Gasteiger partial charge in [-0.25, -0.2) is 0 Å². The van der Waals surface area contributed by atoms with Crippen LogP contribution in [0.4, 0.5) is 11.4 Å². The van der Waals surface area contributed by atoms with Gasteiger partial charge < -0.3 is 21.5 Å². The van der Waals surface area contributed by atoms with E-state index >= 15 is 0 Å². The van der Waals surface area contributed by atoms with Gasteiger partial charge >= 0.3 is 0 Å². The maximum absolute atomic E-state index is 11.5. The fourth-order valence-electron chi connectivity index (χ4n) is 2.72. The summed E-state index contributed by atoms with van der Waals surface area (Å²) in [6.45, 7) is 3.39. The molecule has 0 spiro atoms. The summed E-state index contributed by atoms with van der Waals surface area (Å²) in [5.41, 5.74) is 13.2. The molecule has 19 heavy (non-hydrogen) atoms. The fourth-order valence-corrected chi connectivity index (χ4v) is 2.72. The topological polar surface area (TPSA) is 92.6 Å². The van der Waals surface area contributed by atoms with Crippen LogP contribution in [0.1, 0.15) is 30.1 Å². The number of aliphatic hydroxyl groups excluding tert-OH is 1. The molecule has 104 valence electrons. The van der Waals surface area contributed by atoms with Crippen LogP contribution in [0.3, 0.4) is 0 Å². The van der Waals surface area contributed by atoms with Gasteiger partial charge in [0.15, 0.2) is 0 Å². The molecule has 1 heterocycles. The predicted molar refractivity (Wildman–Crippen MR) is 76.0 cm³/mol. The molecule has 0 radical (unpaired) electrons. The minimum atomic E-state index is -0.458. The molecule has 1 fully saturated rings. The minimum absolute atomic E-state index is 0.286. The normalized spacial score (nSPS) is 18.3. The number of carbonyl (C=O) groups excluding carboxylic acids is 1. The van der Waals surface area contributed by atoms with Crippen molar-refractivity contribution >= 4 is 17.3 Å². The molecule has 1 aromatic rings. The third-order valence-corrected chi connectivity index (χ3v) is 3.87. The maximum Gasteiger partial charge on any atom is 0.250 e. The number of nitrogens with two attached hydrogens (primary N) is 2. The molecule has 0 aromatic heterocycles. The first-order valence-corrected chi connectivity index (χ1v) is 6.62. The van der Waals surface area contributed by atoms with Crippen LogP contribution in [-0.4, -0.2) is 30.2 Å². The number of piperidine rings is 1. The van der Waals surface area contributed by atoms with Crippen molar-refractivity contribution in [2.75, 3.05) is 23.7 Å². The van der Waals surface area contributed by atoms with Crippen LogP contribution in [0.25, 0.3) is 0 Å². The van der Waals surface area contributed by atoms with E-state index in [1.54, 1.807) is 18.2 Å². The molecule has 1 aliphatic heterocycles. The molecule has 1 aliphatic rings. The monoisotopic (exact) mass is 263 g/mol. The summed E-state index contributed by atoms with van der Waals surface area (Å²) in [7, 11) is 0. The van der Waals surface area contributed by atoms with Crippen molar-refractivity contribution < 1.29 is 9.90 Å². The largest absolute Gasteiger partial charge is 0.397 e. The van der Waals surface area contributed by atoms with E-state index in [0.29, 0.717) is 17.2 Å². The van der Waals surface area contributed by atoms with Gasteiger partial charge in [0.05, 0.1) is 23.0 Å². The first kappa shape index (κ1) is 13.7. The summed E-state index contributed by atoms with van der Waals surface area (Å²) in [6, 6.07) is 5.22. The zero-order valence-electron chi connectivity index (χ0n) is 11.2. The molecule has 2 rings (SSSR count). The van der Waals surface area contributed by atoms with Crippen molar-refractivity contribution in [2.24, 2.45) is 11.7 Å². The van der Waals surface area contributed by atoms with E-state index < -0.39 is 5.91 Å². The van der Waals surface area contributed by atoms with Gasteiger partial charge in [0, 0.05) is 13.1 Å². The van der Waals surface area contributed by atoms with Crippen LogP contribution >= 0.6 is 0 Å². The molecule has 1 unspecified atom stereocenters. The molecule has 5 heteroatoms. The van der Waals surface area contributed by atoms with Gasteiger partial charge in [-0.05, 0) is 37.8 Å². The van der Waals surface area contributed by atoms with Crippen LogP contribution in [0.5, 0.6) is 0 Å². The second-order valence-corrected chi connectivity index (χ2v) is 5.17. The van der Waals surface area contributed by atoms with Crippen molar-refractivity contribution in [1.82, 2.24) is 0 Å². The van der Waals surface area contributed by atoms with Crippen molar-refractivity contribution in [3.63, 3.8) is 0 Å².